The van der Waals surface area contributed by atoms with Crippen LogP contribution in [0.5, 0.6) is 11.5 Å². The smallest absolute Gasteiger partial charge is 0.137 e. The molecule has 0 saturated carbocycles. The monoisotopic (exact) mass is 290 g/mol. The Morgan fingerprint density at radius 1 is 1.25 bits per heavy atom. The van der Waals surface area contributed by atoms with Crippen LogP contribution < -0.4 is 9.47 Å². The van der Waals surface area contributed by atoms with Crippen LogP contribution in [0.4, 0.5) is 0 Å². The van der Waals surface area contributed by atoms with Crippen LogP contribution >= 0.6 is 11.6 Å². The minimum atomic E-state index is -0.522. The lowest BCUT2D eigenvalue weighted by atomic mass is 9.95. The Morgan fingerprint density at radius 3 is 2.80 bits per heavy atom. The first-order valence-corrected chi connectivity index (χ1v) is 6.84. The van der Waals surface area contributed by atoms with Crippen LogP contribution in [0.3, 0.4) is 0 Å². The highest BCUT2D eigenvalue weighted by Gasteiger charge is 2.28. The quantitative estimate of drug-likeness (QED) is 0.911. The number of aliphatic hydroxyl groups excluding tert-OH is 1. The zero-order chi connectivity index (χ0) is 14.1. The van der Waals surface area contributed by atoms with Gasteiger partial charge < -0.3 is 14.6 Å². The molecule has 0 aliphatic carbocycles. The molecule has 0 aromatic heterocycles. The summed E-state index contributed by atoms with van der Waals surface area (Å²) in [7, 11) is 1.58. The average molecular weight is 291 g/mol. The number of ether oxygens (including phenoxy) is 2. The number of aliphatic hydroxyl groups is 1. The van der Waals surface area contributed by atoms with Gasteiger partial charge >= 0.3 is 0 Å². The number of hydrogen-bond donors (Lipinski definition) is 1. The van der Waals surface area contributed by atoms with Crippen molar-refractivity contribution in [2.75, 3.05) is 7.11 Å². The summed E-state index contributed by atoms with van der Waals surface area (Å²) in [6.07, 6.45) is -0.214. The van der Waals surface area contributed by atoms with E-state index in [0.717, 1.165) is 16.9 Å². The normalized spacial score (nSPS) is 20.9. The van der Waals surface area contributed by atoms with Gasteiger partial charge in [0.15, 0.2) is 0 Å². The van der Waals surface area contributed by atoms with Gasteiger partial charge in [-0.2, -0.15) is 0 Å². The van der Waals surface area contributed by atoms with Crippen molar-refractivity contribution in [3.05, 3.63) is 58.6 Å². The van der Waals surface area contributed by atoms with E-state index < -0.39 is 6.10 Å². The second-order valence-electron chi connectivity index (χ2n) is 4.79. The van der Waals surface area contributed by atoms with Gasteiger partial charge in [-0.05, 0) is 23.8 Å². The molecule has 3 nitrogen and oxygen atoms in total. The molecule has 2 aromatic carbocycles. The van der Waals surface area contributed by atoms with Gasteiger partial charge in [-0.25, -0.2) is 0 Å². The predicted octanol–water partition coefficient (Wildman–Crippen LogP) is 3.91. The molecule has 1 N–H and O–H groups in total. The molecule has 0 saturated heterocycles. The van der Waals surface area contributed by atoms with E-state index in [1.54, 1.807) is 7.11 Å². The number of para-hydroxylation sites is 1. The predicted molar refractivity (Wildman–Crippen MR) is 77.4 cm³/mol. The van der Waals surface area contributed by atoms with Crippen molar-refractivity contribution < 1.29 is 14.6 Å². The van der Waals surface area contributed by atoms with Crippen LogP contribution in [0.1, 0.15) is 29.8 Å². The summed E-state index contributed by atoms with van der Waals surface area (Å²) in [6.45, 7) is 0. The number of halogens is 1. The number of hydrogen-bond acceptors (Lipinski definition) is 3. The van der Waals surface area contributed by atoms with E-state index in [1.165, 1.54) is 0 Å². The molecule has 0 fully saturated rings. The zero-order valence-electron chi connectivity index (χ0n) is 11.0. The first-order chi connectivity index (χ1) is 9.69. The topological polar surface area (TPSA) is 38.7 Å². The highest BCUT2D eigenvalue weighted by Crippen LogP contribution is 2.41. The minimum Gasteiger partial charge on any atom is -0.495 e. The SMILES string of the molecule is COc1ccc(C2CC(O)c3ccccc3O2)cc1Cl. The van der Waals surface area contributed by atoms with Crippen LogP contribution in [0.25, 0.3) is 0 Å². The van der Waals surface area contributed by atoms with Gasteiger partial charge in [0.2, 0.25) is 0 Å². The average Bonchev–Trinajstić information content (AvgIpc) is 2.47. The Bertz CT molecular complexity index is 627. The summed E-state index contributed by atoms with van der Waals surface area (Å²) in [5, 5.41) is 10.8. The Balaban J connectivity index is 1.91. The summed E-state index contributed by atoms with van der Waals surface area (Å²) in [4.78, 5) is 0. The van der Waals surface area contributed by atoms with E-state index in [-0.39, 0.29) is 6.10 Å². The summed E-state index contributed by atoms with van der Waals surface area (Å²) in [5.74, 6) is 1.36. The van der Waals surface area contributed by atoms with E-state index in [1.807, 2.05) is 42.5 Å². The molecule has 4 heteroatoms. The lowest BCUT2D eigenvalue weighted by molar-refractivity contribution is 0.0657. The molecule has 0 amide bonds. The van der Waals surface area contributed by atoms with E-state index in [2.05, 4.69) is 0 Å². The van der Waals surface area contributed by atoms with Crippen LogP contribution in [0.2, 0.25) is 5.02 Å². The summed E-state index contributed by atoms with van der Waals surface area (Å²) in [5.41, 5.74) is 1.77. The van der Waals surface area contributed by atoms with Gasteiger partial charge in [0.1, 0.15) is 17.6 Å². The van der Waals surface area contributed by atoms with Gasteiger partial charge in [0, 0.05) is 12.0 Å². The molecule has 1 aliphatic heterocycles. The Kier molecular flexibility index (Phi) is 3.55. The standard InChI is InChI=1S/C16H15ClO3/c1-19-15-7-6-10(8-12(15)17)16-9-13(18)11-4-2-3-5-14(11)20-16/h2-8,13,16,18H,9H2,1H3. The maximum Gasteiger partial charge on any atom is 0.137 e. The summed E-state index contributed by atoms with van der Waals surface area (Å²) in [6, 6.07) is 13.1. The largest absolute Gasteiger partial charge is 0.495 e. The van der Waals surface area contributed by atoms with Gasteiger partial charge in [-0.3, -0.25) is 0 Å². The number of methoxy groups -OCH3 is 1. The van der Waals surface area contributed by atoms with Crippen molar-refractivity contribution >= 4 is 11.6 Å². The van der Waals surface area contributed by atoms with Gasteiger partial charge in [-0.1, -0.05) is 35.9 Å². The van der Waals surface area contributed by atoms with Crippen molar-refractivity contribution in [2.45, 2.75) is 18.6 Å². The van der Waals surface area contributed by atoms with E-state index in [4.69, 9.17) is 21.1 Å². The molecule has 0 radical (unpaired) electrons. The molecule has 1 heterocycles. The lowest BCUT2D eigenvalue weighted by Crippen LogP contribution is -2.18. The summed E-state index contributed by atoms with van der Waals surface area (Å²) < 4.78 is 11.1. The molecule has 0 spiro atoms. The molecule has 20 heavy (non-hydrogen) atoms. The second-order valence-corrected chi connectivity index (χ2v) is 5.20. The van der Waals surface area contributed by atoms with Crippen molar-refractivity contribution in [3.8, 4) is 11.5 Å². The third kappa shape index (κ3) is 2.35. The lowest BCUT2D eigenvalue weighted by Gasteiger charge is -2.30. The van der Waals surface area contributed by atoms with Crippen LogP contribution in [0.15, 0.2) is 42.5 Å². The van der Waals surface area contributed by atoms with Gasteiger partial charge in [-0.15, -0.1) is 0 Å². The molecule has 2 aromatic rings. The molecule has 1 aliphatic rings. The number of rotatable bonds is 2. The van der Waals surface area contributed by atoms with E-state index in [9.17, 15) is 5.11 Å². The van der Waals surface area contributed by atoms with E-state index >= 15 is 0 Å². The zero-order valence-corrected chi connectivity index (χ0v) is 11.8. The van der Waals surface area contributed by atoms with Crippen molar-refractivity contribution in [1.82, 2.24) is 0 Å². The third-order valence-corrected chi connectivity index (χ3v) is 3.83. The second kappa shape index (κ2) is 5.35. The maximum absolute atomic E-state index is 10.2. The van der Waals surface area contributed by atoms with E-state index in [0.29, 0.717) is 17.2 Å². The molecule has 0 bridgehead atoms. The fourth-order valence-electron chi connectivity index (χ4n) is 2.48. The van der Waals surface area contributed by atoms with Crippen molar-refractivity contribution in [2.24, 2.45) is 0 Å². The van der Waals surface area contributed by atoms with Gasteiger partial charge in [0.25, 0.3) is 0 Å². The van der Waals surface area contributed by atoms with Crippen molar-refractivity contribution in [1.29, 1.82) is 0 Å². The Labute approximate surface area is 122 Å². The number of benzene rings is 2. The molecule has 2 unspecified atom stereocenters. The van der Waals surface area contributed by atoms with Crippen LogP contribution in [-0.2, 0) is 0 Å². The number of fused-ring (bicyclic) bond motifs is 1. The molecule has 3 rings (SSSR count). The molecule has 2 atom stereocenters. The fourth-order valence-corrected chi connectivity index (χ4v) is 2.75. The van der Waals surface area contributed by atoms with Crippen LogP contribution in [0, 0.1) is 0 Å². The van der Waals surface area contributed by atoms with Gasteiger partial charge in [0.05, 0.1) is 18.2 Å². The third-order valence-electron chi connectivity index (χ3n) is 3.53. The molecular formula is C16H15ClO3. The molecular weight excluding hydrogens is 276 g/mol. The van der Waals surface area contributed by atoms with Crippen LogP contribution in [-0.4, -0.2) is 12.2 Å². The first kappa shape index (κ1) is 13.3. The Morgan fingerprint density at radius 2 is 2.05 bits per heavy atom. The molecule has 104 valence electrons. The fraction of sp³-hybridized carbons (Fsp3) is 0.250. The minimum absolute atomic E-state index is 0.205. The Hall–Kier alpha value is -1.71. The van der Waals surface area contributed by atoms with Crippen molar-refractivity contribution in [3.63, 3.8) is 0 Å². The highest BCUT2D eigenvalue weighted by atomic mass is 35.5. The highest BCUT2D eigenvalue weighted by molar-refractivity contribution is 6.32. The maximum atomic E-state index is 10.2. The summed E-state index contributed by atoms with van der Waals surface area (Å²) >= 11 is 6.14. The first-order valence-electron chi connectivity index (χ1n) is 6.46.